The van der Waals surface area contributed by atoms with Crippen molar-refractivity contribution in [1.29, 1.82) is 0 Å². The maximum Gasteiger partial charge on any atom is 0.121 e. The van der Waals surface area contributed by atoms with Crippen LogP contribution in [-0.4, -0.2) is 16.5 Å². The van der Waals surface area contributed by atoms with Crippen LogP contribution in [-0.2, 0) is 6.54 Å². The van der Waals surface area contributed by atoms with Gasteiger partial charge >= 0.3 is 0 Å². The van der Waals surface area contributed by atoms with Crippen LogP contribution in [0.4, 0.5) is 0 Å². The standard InChI is InChI=1S/C12H17N3/c1-3-6-13-8-12-14-10-5-4-9(2)7-11(10)15-12/h4-5,7,13H,3,6,8H2,1-2H3,(H,14,15). The summed E-state index contributed by atoms with van der Waals surface area (Å²) in [4.78, 5) is 7.83. The molecule has 0 fully saturated rings. The highest BCUT2D eigenvalue weighted by Gasteiger charge is 2.01. The lowest BCUT2D eigenvalue weighted by Gasteiger charge is -1.97. The number of nitrogens with zero attached hydrogens (tertiary/aromatic N) is 1. The number of aromatic nitrogens is 2. The highest BCUT2D eigenvalue weighted by atomic mass is 15.0. The molecule has 0 radical (unpaired) electrons. The molecule has 15 heavy (non-hydrogen) atoms. The first-order chi connectivity index (χ1) is 7.29. The second kappa shape index (κ2) is 4.45. The number of hydrogen-bond acceptors (Lipinski definition) is 2. The Labute approximate surface area is 89.9 Å². The quantitative estimate of drug-likeness (QED) is 0.749. The molecule has 2 N–H and O–H groups in total. The van der Waals surface area contributed by atoms with Gasteiger partial charge in [-0.2, -0.15) is 0 Å². The van der Waals surface area contributed by atoms with Gasteiger partial charge in [0.05, 0.1) is 17.6 Å². The van der Waals surface area contributed by atoms with Crippen molar-refractivity contribution >= 4 is 11.0 Å². The van der Waals surface area contributed by atoms with Crippen molar-refractivity contribution in [3.63, 3.8) is 0 Å². The molecular formula is C12H17N3. The molecule has 0 bridgehead atoms. The maximum absolute atomic E-state index is 4.51. The lowest BCUT2D eigenvalue weighted by atomic mass is 10.2. The lowest BCUT2D eigenvalue weighted by Crippen LogP contribution is -2.14. The van der Waals surface area contributed by atoms with E-state index < -0.39 is 0 Å². The number of nitrogens with one attached hydrogen (secondary N) is 2. The summed E-state index contributed by atoms with van der Waals surface area (Å²) in [5.74, 6) is 1.02. The van der Waals surface area contributed by atoms with Crippen molar-refractivity contribution in [3.8, 4) is 0 Å². The van der Waals surface area contributed by atoms with E-state index in [1.165, 1.54) is 5.56 Å². The molecule has 1 aromatic carbocycles. The van der Waals surface area contributed by atoms with Gasteiger partial charge in [-0.25, -0.2) is 4.98 Å². The van der Waals surface area contributed by atoms with Gasteiger partial charge < -0.3 is 10.3 Å². The summed E-state index contributed by atoms with van der Waals surface area (Å²) < 4.78 is 0. The third-order valence-electron chi connectivity index (χ3n) is 2.41. The summed E-state index contributed by atoms with van der Waals surface area (Å²) in [5.41, 5.74) is 3.44. The molecule has 1 heterocycles. The first-order valence-corrected chi connectivity index (χ1v) is 5.45. The summed E-state index contributed by atoms with van der Waals surface area (Å²) in [6.07, 6.45) is 1.15. The molecular weight excluding hydrogens is 186 g/mol. The first kappa shape index (κ1) is 10.2. The van der Waals surface area contributed by atoms with Crippen molar-refractivity contribution in [2.24, 2.45) is 0 Å². The zero-order chi connectivity index (χ0) is 10.7. The molecule has 0 atom stereocenters. The molecule has 3 nitrogen and oxygen atoms in total. The molecule has 0 unspecified atom stereocenters. The van der Waals surface area contributed by atoms with Gasteiger partial charge in [0.15, 0.2) is 0 Å². The number of hydrogen-bond donors (Lipinski definition) is 2. The minimum absolute atomic E-state index is 0.821. The van der Waals surface area contributed by atoms with Gasteiger partial charge in [0.25, 0.3) is 0 Å². The molecule has 3 heteroatoms. The van der Waals surface area contributed by atoms with E-state index in [-0.39, 0.29) is 0 Å². The normalized spacial score (nSPS) is 11.1. The van der Waals surface area contributed by atoms with Crippen LogP contribution >= 0.6 is 0 Å². The van der Waals surface area contributed by atoms with Crippen LogP contribution in [0.15, 0.2) is 18.2 Å². The Balaban J connectivity index is 2.16. The van der Waals surface area contributed by atoms with Crippen LogP contribution in [0.5, 0.6) is 0 Å². The molecule has 0 amide bonds. The summed E-state index contributed by atoms with van der Waals surface area (Å²) in [5, 5.41) is 3.33. The molecule has 0 aliphatic carbocycles. The summed E-state index contributed by atoms with van der Waals surface area (Å²) in [6.45, 7) is 6.11. The largest absolute Gasteiger partial charge is 0.341 e. The lowest BCUT2D eigenvalue weighted by molar-refractivity contribution is 0.656. The van der Waals surface area contributed by atoms with E-state index in [0.29, 0.717) is 0 Å². The van der Waals surface area contributed by atoms with E-state index in [9.17, 15) is 0 Å². The van der Waals surface area contributed by atoms with Crippen LogP contribution in [0.2, 0.25) is 0 Å². The number of benzene rings is 1. The fourth-order valence-corrected chi connectivity index (χ4v) is 1.64. The second-order valence-corrected chi connectivity index (χ2v) is 3.88. The fourth-order valence-electron chi connectivity index (χ4n) is 1.64. The Hall–Kier alpha value is -1.35. The zero-order valence-electron chi connectivity index (χ0n) is 9.30. The van der Waals surface area contributed by atoms with Crippen LogP contribution in [0.1, 0.15) is 24.7 Å². The average Bonchev–Trinajstić information content (AvgIpc) is 2.60. The van der Waals surface area contributed by atoms with E-state index >= 15 is 0 Å². The highest BCUT2D eigenvalue weighted by molar-refractivity contribution is 5.75. The van der Waals surface area contributed by atoms with E-state index in [2.05, 4.69) is 47.3 Å². The smallest absolute Gasteiger partial charge is 0.121 e. The molecule has 1 aromatic heterocycles. The fraction of sp³-hybridized carbons (Fsp3) is 0.417. The van der Waals surface area contributed by atoms with Crippen molar-refractivity contribution in [3.05, 3.63) is 29.6 Å². The predicted octanol–water partition coefficient (Wildman–Crippen LogP) is 2.37. The van der Waals surface area contributed by atoms with Gasteiger partial charge in [0, 0.05) is 0 Å². The Morgan fingerprint density at radius 2 is 2.27 bits per heavy atom. The van der Waals surface area contributed by atoms with Gasteiger partial charge in [-0.3, -0.25) is 0 Å². The van der Waals surface area contributed by atoms with E-state index in [1.807, 2.05) is 0 Å². The number of aryl methyl sites for hydroxylation is 1. The number of H-pyrrole nitrogens is 1. The average molecular weight is 203 g/mol. The molecule has 0 saturated heterocycles. The summed E-state index contributed by atoms with van der Waals surface area (Å²) in [6, 6.07) is 6.28. The van der Waals surface area contributed by atoms with Crippen LogP contribution in [0.25, 0.3) is 11.0 Å². The summed E-state index contributed by atoms with van der Waals surface area (Å²) >= 11 is 0. The second-order valence-electron chi connectivity index (χ2n) is 3.88. The summed E-state index contributed by atoms with van der Waals surface area (Å²) in [7, 11) is 0. The number of aromatic amines is 1. The topological polar surface area (TPSA) is 40.7 Å². The molecule has 0 spiro atoms. The molecule has 2 aromatic rings. The van der Waals surface area contributed by atoms with Crippen LogP contribution < -0.4 is 5.32 Å². The van der Waals surface area contributed by atoms with Crippen molar-refractivity contribution in [2.75, 3.05) is 6.54 Å². The Morgan fingerprint density at radius 1 is 1.40 bits per heavy atom. The zero-order valence-corrected chi connectivity index (χ0v) is 9.30. The third-order valence-corrected chi connectivity index (χ3v) is 2.41. The van der Waals surface area contributed by atoms with Crippen molar-refractivity contribution in [1.82, 2.24) is 15.3 Å². The molecule has 0 aliphatic heterocycles. The Morgan fingerprint density at radius 3 is 3.07 bits per heavy atom. The van der Waals surface area contributed by atoms with E-state index in [0.717, 1.165) is 36.4 Å². The van der Waals surface area contributed by atoms with Gasteiger partial charge in [0.1, 0.15) is 5.82 Å². The molecule has 2 rings (SSSR count). The molecule has 0 saturated carbocycles. The maximum atomic E-state index is 4.51. The van der Waals surface area contributed by atoms with Crippen LogP contribution in [0, 0.1) is 6.92 Å². The van der Waals surface area contributed by atoms with E-state index in [1.54, 1.807) is 0 Å². The van der Waals surface area contributed by atoms with Gasteiger partial charge in [-0.1, -0.05) is 13.0 Å². The minimum atomic E-state index is 0.821. The van der Waals surface area contributed by atoms with Gasteiger partial charge in [0.2, 0.25) is 0 Å². The van der Waals surface area contributed by atoms with Gasteiger partial charge in [-0.05, 0) is 37.6 Å². The predicted molar refractivity (Wildman–Crippen MR) is 62.8 cm³/mol. The SMILES string of the molecule is CCCNCc1nc2ccc(C)cc2[nH]1. The molecule has 0 aliphatic rings. The minimum Gasteiger partial charge on any atom is -0.341 e. The monoisotopic (exact) mass is 203 g/mol. The van der Waals surface area contributed by atoms with E-state index in [4.69, 9.17) is 0 Å². The van der Waals surface area contributed by atoms with Crippen LogP contribution in [0.3, 0.4) is 0 Å². The van der Waals surface area contributed by atoms with Crippen molar-refractivity contribution in [2.45, 2.75) is 26.8 Å². The Bertz CT molecular complexity index is 445. The highest BCUT2D eigenvalue weighted by Crippen LogP contribution is 2.12. The van der Waals surface area contributed by atoms with Crippen molar-refractivity contribution < 1.29 is 0 Å². The molecule has 80 valence electrons. The third kappa shape index (κ3) is 2.36. The van der Waals surface area contributed by atoms with Gasteiger partial charge in [-0.15, -0.1) is 0 Å². The Kier molecular flexibility index (Phi) is 3.02. The first-order valence-electron chi connectivity index (χ1n) is 5.45. The number of rotatable bonds is 4. The number of fused-ring (bicyclic) bond motifs is 1. The number of imidazole rings is 1.